The number of ether oxygens (including phenoxy) is 1. The Morgan fingerprint density at radius 1 is 1.26 bits per heavy atom. The van der Waals surface area contributed by atoms with Gasteiger partial charge in [-0.1, -0.05) is 30.3 Å². The van der Waals surface area contributed by atoms with Crippen molar-refractivity contribution in [2.75, 3.05) is 20.2 Å². The van der Waals surface area contributed by atoms with Gasteiger partial charge in [-0.25, -0.2) is 4.79 Å². The molecule has 6 nitrogen and oxygen atoms in total. The molecule has 0 aromatic heterocycles. The number of nitrogens with one attached hydrogen (secondary N) is 3. The zero-order valence-corrected chi connectivity index (χ0v) is 18.9. The monoisotopic (exact) mass is 488 g/mol. The molecular formula is C20H33IN4O2. The molecule has 1 saturated carbocycles. The fourth-order valence-electron chi connectivity index (χ4n) is 2.89. The average molecular weight is 488 g/mol. The van der Waals surface area contributed by atoms with Crippen molar-refractivity contribution in [3.63, 3.8) is 0 Å². The van der Waals surface area contributed by atoms with E-state index in [-0.39, 0.29) is 36.1 Å². The molecule has 2 atom stereocenters. The van der Waals surface area contributed by atoms with Crippen LogP contribution < -0.4 is 16.0 Å². The molecule has 0 saturated heterocycles. The molecule has 0 bridgehead atoms. The molecule has 2 unspecified atom stereocenters. The minimum Gasteiger partial charge on any atom is -0.450 e. The Balaban J connectivity index is 0.00000364. The minimum absolute atomic E-state index is 0. The molecule has 152 valence electrons. The number of guanidine groups is 1. The third-order valence-corrected chi connectivity index (χ3v) is 4.57. The standard InChI is InChI=1S/C20H32N4O2.HI/c1-4-26-20(25)24-18(17-12-13-17)14-22-19(21-3)23-15(2)10-11-16-8-6-5-7-9-16;/h5-9,15,17-18H,4,10-14H2,1-3H3,(H,24,25)(H2,21,22,23);1H. The smallest absolute Gasteiger partial charge is 0.407 e. The molecular weight excluding hydrogens is 455 g/mol. The summed E-state index contributed by atoms with van der Waals surface area (Å²) in [4.78, 5) is 16.0. The number of aryl methyl sites for hydroxylation is 1. The summed E-state index contributed by atoms with van der Waals surface area (Å²) in [6.45, 7) is 5.00. The molecule has 2 rings (SSSR count). The normalized spacial score (nSPS) is 15.9. The van der Waals surface area contributed by atoms with Crippen molar-refractivity contribution in [1.82, 2.24) is 16.0 Å². The molecule has 1 aromatic rings. The predicted molar refractivity (Wildman–Crippen MR) is 121 cm³/mol. The van der Waals surface area contributed by atoms with Crippen LogP contribution in [-0.4, -0.2) is 44.3 Å². The highest BCUT2D eigenvalue weighted by atomic mass is 127. The summed E-state index contributed by atoms with van der Waals surface area (Å²) in [6, 6.07) is 10.9. The Kier molecular flexibility index (Phi) is 11.2. The predicted octanol–water partition coefficient (Wildman–Crippen LogP) is 3.32. The van der Waals surface area contributed by atoms with Gasteiger partial charge in [0, 0.05) is 19.6 Å². The quantitative estimate of drug-likeness (QED) is 0.283. The molecule has 27 heavy (non-hydrogen) atoms. The van der Waals surface area contributed by atoms with Crippen molar-refractivity contribution in [2.45, 2.75) is 51.6 Å². The number of carbonyl (C=O) groups is 1. The van der Waals surface area contributed by atoms with Crippen LogP contribution in [0, 0.1) is 5.92 Å². The van der Waals surface area contributed by atoms with Gasteiger partial charge in [-0.2, -0.15) is 0 Å². The van der Waals surface area contributed by atoms with E-state index in [1.54, 1.807) is 7.05 Å². The van der Waals surface area contributed by atoms with Crippen LogP contribution in [0.1, 0.15) is 38.7 Å². The maximum atomic E-state index is 11.7. The third-order valence-electron chi connectivity index (χ3n) is 4.57. The van der Waals surface area contributed by atoms with Gasteiger partial charge in [0.05, 0.1) is 12.6 Å². The van der Waals surface area contributed by atoms with E-state index in [9.17, 15) is 4.79 Å². The van der Waals surface area contributed by atoms with Crippen molar-refractivity contribution in [3.05, 3.63) is 35.9 Å². The summed E-state index contributed by atoms with van der Waals surface area (Å²) in [7, 11) is 1.77. The van der Waals surface area contributed by atoms with Crippen LogP contribution in [0.4, 0.5) is 4.79 Å². The lowest BCUT2D eigenvalue weighted by molar-refractivity contribution is 0.146. The van der Waals surface area contributed by atoms with Crippen molar-refractivity contribution in [2.24, 2.45) is 10.9 Å². The summed E-state index contributed by atoms with van der Waals surface area (Å²) >= 11 is 0. The number of benzene rings is 1. The first-order chi connectivity index (χ1) is 12.6. The summed E-state index contributed by atoms with van der Waals surface area (Å²) in [5.41, 5.74) is 1.34. The summed E-state index contributed by atoms with van der Waals surface area (Å²) in [6.07, 6.45) is 4.01. The molecule has 1 fully saturated rings. The fraction of sp³-hybridized carbons (Fsp3) is 0.600. The number of hydrogen-bond acceptors (Lipinski definition) is 3. The Morgan fingerprint density at radius 3 is 2.56 bits per heavy atom. The summed E-state index contributed by atoms with van der Waals surface area (Å²) < 4.78 is 5.00. The van der Waals surface area contributed by atoms with Crippen LogP contribution in [-0.2, 0) is 11.2 Å². The number of halogens is 1. The van der Waals surface area contributed by atoms with E-state index in [4.69, 9.17) is 4.74 Å². The largest absolute Gasteiger partial charge is 0.450 e. The van der Waals surface area contributed by atoms with Crippen LogP contribution in [0.25, 0.3) is 0 Å². The van der Waals surface area contributed by atoms with E-state index in [0.717, 1.165) is 31.6 Å². The molecule has 0 heterocycles. The van der Waals surface area contributed by atoms with Gasteiger partial charge in [-0.05, 0) is 51.0 Å². The molecule has 7 heteroatoms. The maximum Gasteiger partial charge on any atom is 0.407 e. The number of rotatable bonds is 9. The first-order valence-electron chi connectivity index (χ1n) is 9.56. The summed E-state index contributed by atoms with van der Waals surface area (Å²) in [5, 5.41) is 9.71. The Morgan fingerprint density at radius 2 is 1.96 bits per heavy atom. The van der Waals surface area contributed by atoms with Crippen molar-refractivity contribution in [3.8, 4) is 0 Å². The van der Waals surface area contributed by atoms with Gasteiger partial charge >= 0.3 is 6.09 Å². The number of alkyl carbamates (subject to hydrolysis) is 1. The molecule has 1 aliphatic carbocycles. The number of carbonyl (C=O) groups excluding carboxylic acids is 1. The van der Waals surface area contributed by atoms with Gasteiger partial charge in [0.1, 0.15) is 0 Å². The Hall–Kier alpha value is -1.51. The maximum absolute atomic E-state index is 11.7. The second-order valence-corrected chi connectivity index (χ2v) is 6.83. The van der Waals surface area contributed by atoms with Gasteiger partial charge in [-0.15, -0.1) is 24.0 Å². The van der Waals surface area contributed by atoms with Crippen LogP contribution in [0.2, 0.25) is 0 Å². The molecule has 0 radical (unpaired) electrons. The second-order valence-electron chi connectivity index (χ2n) is 6.83. The van der Waals surface area contributed by atoms with E-state index < -0.39 is 0 Å². The molecule has 1 aliphatic rings. The van der Waals surface area contributed by atoms with E-state index in [1.165, 1.54) is 5.56 Å². The number of hydrogen-bond donors (Lipinski definition) is 3. The van der Waals surface area contributed by atoms with Gasteiger partial charge in [0.15, 0.2) is 5.96 Å². The van der Waals surface area contributed by atoms with Crippen molar-refractivity contribution >= 4 is 36.0 Å². The summed E-state index contributed by atoms with van der Waals surface area (Å²) in [5.74, 6) is 1.29. The highest BCUT2D eigenvalue weighted by Crippen LogP contribution is 2.32. The van der Waals surface area contributed by atoms with Crippen LogP contribution in [0.5, 0.6) is 0 Å². The Labute approximate surface area is 179 Å². The number of aliphatic imine (C=N–C) groups is 1. The molecule has 1 amide bonds. The lowest BCUT2D eigenvalue weighted by atomic mass is 10.1. The first-order valence-corrected chi connectivity index (χ1v) is 9.56. The second kappa shape index (κ2) is 12.8. The molecule has 3 N–H and O–H groups in total. The van der Waals surface area contributed by atoms with Gasteiger partial charge < -0.3 is 20.7 Å². The van der Waals surface area contributed by atoms with Gasteiger partial charge in [-0.3, -0.25) is 4.99 Å². The zero-order chi connectivity index (χ0) is 18.8. The number of amides is 1. The molecule has 1 aromatic carbocycles. The first kappa shape index (κ1) is 23.5. The van der Waals surface area contributed by atoms with Crippen molar-refractivity contribution in [1.29, 1.82) is 0 Å². The minimum atomic E-state index is -0.342. The van der Waals surface area contributed by atoms with Gasteiger partial charge in [0.2, 0.25) is 0 Å². The SMILES string of the molecule is CCOC(=O)NC(CNC(=NC)NC(C)CCc1ccccc1)C1CC1.I. The van der Waals surface area contributed by atoms with Gasteiger partial charge in [0.25, 0.3) is 0 Å². The molecule has 0 aliphatic heterocycles. The van der Waals surface area contributed by atoms with E-state index in [1.807, 2.05) is 13.0 Å². The zero-order valence-electron chi connectivity index (χ0n) is 16.5. The van der Waals surface area contributed by atoms with E-state index in [0.29, 0.717) is 25.1 Å². The van der Waals surface area contributed by atoms with E-state index in [2.05, 4.69) is 52.1 Å². The van der Waals surface area contributed by atoms with Crippen LogP contribution in [0.3, 0.4) is 0 Å². The topological polar surface area (TPSA) is 74.8 Å². The highest BCUT2D eigenvalue weighted by molar-refractivity contribution is 14.0. The Bertz CT molecular complexity index is 579. The van der Waals surface area contributed by atoms with Crippen LogP contribution >= 0.6 is 24.0 Å². The fourth-order valence-corrected chi connectivity index (χ4v) is 2.89. The van der Waals surface area contributed by atoms with Crippen LogP contribution in [0.15, 0.2) is 35.3 Å². The molecule has 0 spiro atoms. The van der Waals surface area contributed by atoms with E-state index >= 15 is 0 Å². The highest BCUT2D eigenvalue weighted by Gasteiger charge is 2.32. The third kappa shape index (κ3) is 9.30. The average Bonchev–Trinajstić information content (AvgIpc) is 3.48. The lowest BCUT2D eigenvalue weighted by Crippen LogP contribution is -2.49. The number of nitrogens with zero attached hydrogens (tertiary/aromatic N) is 1. The van der Waals surface area contributed by atoms with Crippen molar-refractivity contribution < 1.29 is 9.53 Å². The lowest BCUT2D eigenvalue weighted by Gasteiger charge is -2.22.